The highest BCUT2D eigenvalue weighted by atomic mass is 16.5. The zero-order chi connectivity index (χ0) is 17.1. The maximum atomic E-state index is 12.2. The van der Waals surface area contributed by atoms with Crippen LogP contribution in [0.4, 0.5) is 5.69 Å². The molecule has 1 aliphatic heterocycles. The zero-order valence-electron chi connectivity index (χ0n) is 14.4. The van der Waals surface area contributed by atoms with Crippen LogP contribution in [0.3, 0.4) is 0 Å². The number of carbonyl (C=O) groups is 1. The number of amides is 1. The van der Waals surface area contributed by atoms with Crippen molar-refractivity contribution in [3.8, 4) is 11.5 Å². The third-order valence-corrected chi connectivity index (χ3v) is 4.20. The molecule has 126 valence electrons. The molecule has 0 spiro atoms. The summed E-state index contributed by atoms with van der Waals surface area (Å²) < 4.78 is 11.4. The van der Waals surface area contributed by atoms with Crippen LogP contribution in [0.1, 0.15) is 42.9 Å². The van der Waals surface area contributed by atoms with Crippen LogP contribution in [-0.2, 0) is 4.79 Å². The number of rotatable bonds is 5. The molecule has 1 heterocycles. The summed E-state index contributed by atoms with van der Waals surface area (Å²) in [4.78, 5) is 12.2. The largest absolute Gasteiger partial charge is 0.490 e. The first-order valence-electron chi connectivity index (χ1n) is 8.42. The van der Waals surface area contributed by atoms with Gasteiger partial charge in [-0.1, -0.05) is 29.8 Å². The van der Waals surface area contributed by atoms with Gasteiger partial charge >= 0.3 is 0 Å². The van der Waals surface area contributed by atoms with Crippen molar-refractivity contribution in [2.24, 2.45) is 0 Å². The number of hydrogen-bond acceptors (Lipinski definition) is 3. The Bertz CT molecular complexity index is 755. The highest BCUT2D eigenvalue weighted by Crippen LogP contribution is 2.43. The van der Waals surface area contributed by atoms with E-state index in [0.717, 1.165) is 22.6 Å². The van der Waals surface area contributed by atoms with Crippen molar-refractivity contribution in [1.82, 2.24) is 0 Å². The van der Waals surface area contributed by atoms with E-state index < -0.39 is 0 Å². The molecule has 1 aliphatic rings. The second kappa shape index (κ2) is 6.95. The molecule has 1 N–H and O–H groups in total. The van der Waals surface area contributed by atoms with E-state index in [4.69, 9.17) is 9.47 Å². The molecule has 0 aromatic heterocycles. The standard InChI is InChI=1S/C20H23NO3/c1-4-23-18-10-16-15(14-8-6-7-13(3)9-14)11-20(22)21-17(16)12-19(18)24-5-2/h6-10,12,15H,4-5,11H2,1-3H3,(H,21,22)/t15-/m0/s1. The van der Waals surface area contributed by atoms with E-state index in [1.165, 1.54) is 5.56 Å². The summed E-state index contributed by atoms with van der Waals surface area (Å²) in [5.41, 5.74) is 4.23. The minimum Gasteiger partial charge on any atom is -0.490 e. The molecular weight excluding hydrogens is 302 g/mol. The number of anilines is 1. The van der Waals surface area contributed by atoms with Gasteiger partial charge in [0.25, 0.3) is 0 Å². The molecule has 4 nitrogen and oxygen atoms in total. The summed E-state index contributed by atoms with van der Waals surface area (Å²) in [5, 5.41) is 2.97. The molecule has 0 saturated heterocycles. The third-order valence-electron chi connectivity index (χ3n) is 4.20. The van der Waals surface area contributed by atoms with Crippen LogP contribution in [0.25, 0.3) is 0 Å². The molecule has 1 atom stereocenters. The smallest absolute Gasteiger partial charge is 0.225 e. The van der Waals surface area contributed by atoms with Crippen molar-refractivity contribution in [2.75, 3.05) is 18.5 Å². The average Bonchev–Trinajstić information content (AvgIpc) is 2.55. The number of benzene rings is 2. The van der Waals surface area contributed by atoms with Crippen LogP contribution in [0.2, 0.25) is 0 Å². The molecule has 0 saturated carbocycles. The third kappa shape index (κ3) is 3.23. The van der Waals surface area contributed by atoms with Gasteiger partial charge in [0.05, 0.1) is 13.2 Å². The van der Waals surface area contributed by atoms with Gasteiger partial charge in [0.15, 0.2) is 11.5 Å². The van der Waals surface area contributed by atoms with E-state index in [0.29, 0.717) is 25.4 Å². The molecule has 2 aromatic rings. The van der Waals surface area contributed by atoms with Crippen LogP contribution in [0.5, 0.6) is 11.5 Å². The number of hydrogen-bond donors (Lipinski definition) is 1. The number of carbonyl (C=O) groups excluding carboxylic acids is 1. The fourth-order valence-corrected chi connectivity index (χ4v) is 3.19. The molecule has 24 heavy (non-hydrogen) atoms. The summed E-state index contributed by atoms with van der Waals surface area (Å²) in [5.74, 6) is 1.46. The van der Waals surface area contributed by atoms with E-state index in [1.54, 1.807) is 0 Å². The Balaban J connectivity index is 2.10. The number of aryl methyl sites for hydroxylation is 1. The summed E-state index contributed by atoms with van der Waals surface area (Å²) in [6.07, 6.45) is 0.440. The van der Waals surface area contributed by atoms with Gasteiger partial charge in [0.1, 0.15) is 0 Å². The van der Waals surface area contributed by atoms with Crippen LogP contribution >= 0.6 is 0 Å². The lowest BCUT2D eigenvalue weighted by Gasteiger charge is -2.27. The van der Waals surface area contributed by atoms with Crippen LogP contribution < -0.4 is 14.8 Å². The molecule has 3 rings (SSSR count). The highest BCUT2D eigenvalue weighted by molar-refractivity contribution is 5.96. The highest BCUT2D eigenvalue weighted by Gasteiger charge is 2.28. The van der Waals surface area contributed by atoms with Crippen LogP contribution in [-0.4, -0.2) is 19.1 Å². The molecule has 4 heteroatoms. The zero-order valence-corrected chi connectivity index (χ0v) is 14.4. The van der Waals surface area contributed by atoms with E-state index in [9.17, 15) is 4.79 Å². The predicted molar refractivity (Wildman–Crippen MR) is 95.0 cm³/mol. The Labute approximate surface area is 142 Å². The first kappa shape index (κ1) is 16.4. The Morgan fingerprint density at radius 2 is 1.79 bits per heavy atom. The van der Waals surface area contributed by atoms with E-state index in [1.807, 2.05) is 32.0 Å². The molecular formula is C20H23NO3. The van der Waals surface area contributed by atoms with Crippen molar-refractivity contribution >= 4 is 11.6 Å². The molecule has 0 bridgehead atoms. The molecule has 0 unspecified atom stereocenters. The molecule has 2 aromatic carbocycles. The van der Waals surface area contributed by atoms with Gasteiger partial charge < -0.3 is 14.8 Å². The minimum atomic E-state index is 0.0283. The van der Waals surface area contributed by atoms with Crippen molar-refractivity contribution in [2.45, 2.75) is 33.1 Å². The monoisotopic (exact) mass is 325 g/mol. The maximum absolute atomic E-state index is 12.2. The fourth-order valence-electron chi connectivity index (χ4n) is 3.19. The Hall–Kier alpha value is -2.49. The van der Waals surface area contributed by atoms with Gasteiger partial charge in [-0.15, -0.1) is 0 Å². The lowest BCUT2D eigenvalue weighted by molar-refractivity contribution is -0.116. The van der Waals surface area contributed by atoms with Gasteiger partial charge in [-0.3, -0.25) is 4.79 Å². The number of nitrogens with one attached hydrogen (secondary N) is 1. The van der Waals surface area contributed by atoms with Gasteiger partial charge in [0, 0.05) is 24.1 Å². The molecule has 1 amide bonds. The first-order valence-corrected chi connectivity index (χ1v) is 8.42. The number of fused-ring (bicyclic) bond motifs is 1. The molecule has 0 aliphatic carbocycles. The van der Waals surface area contributed by atoms with E-state index >= 15 is 0 Å². The lowest BCUT2D eigenvalue weighted by atomic mass is 9.84. The Morgan fingerprint density at radius 3 is 2.46 bits per heavy atom. The van der Waals surface area contributed by atoms with E-state index in [2.05, 4.69) is 30.4 Å². The summed E-state index contributed by atoms with van der Waals surface area (Å²) >= 11 is 0. The Kier molecular flexibility index (Phi) is 4.74. The second-order valence-corrected chi connectivity index (χ2v) is 5.97. The fraction of sp³-hybridized carbons (Fsp3) is 0.350. The summed E-state index contributed by atoms with van der Waals surface area (Å²) in [6, 6.07) is 12.2. The lowest BCUT2D eigenvalue weighted by Crippen LogP contribution is -2.23. The van der Waals surface area contributed by atoms with Crippen molar-refractivity contribution in [1.29, 1.82) is 0 Å². The van der Waals surface area contributed by atoms with Gasteiger partial charge in [-0.05, 0) is 38.0 Å². The van der Waals surface area contributed by atoms with Gasteiger partial charge in [-0.2, -0.15) is 0 Å². The van der Waals surface area contributed by atoms with Crippen molar-refractivity contribution < 1.29 is 14.3 Å². The second-order valence-electron chi connectivity index (χ2n) is 5.97. The Morgan fingerprint density at radius 1 is 1.08 bits per heavy atom. The summed E-state index contributed by atoms with van der Waals surface area (Å²) in [7, 11) is 0. The molecule has 0 fully saturated rings. The van der Waals surface area contributed by atoms with Crippen molar-refractivity contribution in [3.05, 3.63) is 53.1 Å². The minimum absolute atomic E-state index is 0.0283. The van der Waals surface area contributed by atoms with Crippen LogP contribution in [0.15, 0.2) is 36.4 Å². The average molecular weight is 325 g/mol. The normalized spacial score (nSPS) is 16.3. The van der Waals surface area contributed by atoms with Crippen molar-refractivity contribution in [3.63, 3.8) is 0 Å². The predicted octanol–water partition coefficient (Wildman–Crippen LogP) is 4.27. The summed E-state index contributed by atoms with van der Waals surface area (Å²) in [6.45, 7) is 7.07. The topological polar surface area (TPSA) is 47.6 Å². The maximum Gasteiger partial charge on any atom is 0.225 e. The van der Waals surface area contributed by atoms with Gasteiger partial charge in [0.2, 0.25) is 5.91 Å². The van der Waals surface area contributed by atoms with Gasteiger partial charge in [-0.25, -0.2) is 0 Å². The SMILES string of the molecule is CCOc1cc2c(cc1OCC)[C@H](c1cccc(C)c1)CC(=O)N2. The van der Waals surface area contributed by atoms with Crippen LogP contribution in [0, 0.1) is 6.92 Å². The number of ether oxygens (including phenoxy) is 2. The quantitative estimate of drug-likeness (QED) is 0.893. The molecule has 0 radical (unpaired) electrons. The first-order chi connectivity index (χ1) is 11.6. The van der Waals surface area contributed by atoms with E-state index in [-0.39, 0.29) is 11.8 Å².